The molecule has 40 heavy (non-hydrogen) atoms. The van der Waals surface area contributed by atoms with Crippen LogP contribution in [-0.4, -0.2) is 45.0 Å². The fourth-order valence-corrected chi connectivity index (χ4v) is 4.55. The number of rotatable bonds is 8. The first-order chi connectivity index (χ1) is 19.1. The first kappa shape index (κ1) is 28.3. The molecule has 0 atom stereocenters. The minimum Gasteiger partial charge on any atom is -0.478 e. The van der Waals surface area contributed by atoms with Crippen molar-refractivity contribution in [3.05, 3.63) is 64.7 Å². The van der Waals surface area contributed by atoms with Gasteiger partial charge in [0.2, 0.25) is 17.8 Å². The Hall–Kier alpha value is -4.73. The lowest BCUT2D eigenvalue weighted by Crippen LogP contribution is -2.36. The maximum atomic E-state index is 13.4. The van der Waals surface area contributed by atoms with Gasteiger partial charge in [-0.2, -0.15) is 33.4 Å². The topological polar surface area (TPSA) is 153 Å². The summed E-state index contributed by atoms with van der Waals surface area (Å²) in [5.74, 6) is -0.869. The summed E-state index contributed by atoms with van der Waals surface area (Å²) in [4.78, 5) is 37.2. The number of hydrogen-bond donors (Lipinski definition) is 4. The molecule has 4 N–H and O–H groups in total. The summed E-state index contributed by atoms with van der Waals surface area (Å²) < 4.78 is 40.2. The predicted octanol–water partition coefficient (Wildman–Crippen LogP) is 4.46. The SMILES string of the molecule is CNc1nc(NC2CCC(C(=O)NCc3ccc(C#N)cc3C(F)(F)F)CC2)nc(-c2cccc(C(=O)O)c2)n1. The van der Waals surface area contributed by atoms with E-state index in [-0.39, 0.29) is 41.1 Å². The quantitative estimate of drug-likeness (QED) is 0.317. The van der Waals surface area contributed by atoms with Crippen LogP contribution < -0.4 is 16.0 Å². The van der Waals surface area contributed by atoms with E-state index < -0.39 is 17.7 Å². The zero-order valence-electron chi connectivity index (χ0n) is 21.4. The minimum atomic E-state index is -4.64. The maximum absolute atomic E-state index is 13.4. The first-order valence-electron chi connectivity index (χ1n) is 12.5. The monoisotopic (exact) mass is 553 g/mol. The highest BCUT2D eigenvalue weighted by Gasteiger charge is 2.34. The Labute approximate surface area is 227 Å². The molecular formula is C27H26F3N7O3. The number of amides is 1. The number of nitriles is 1. The number of anilines is 2. The molecule has 4 rings (SSSR count). The van der Waals surface area contributed by atoms with Crippen LogP contribution in [0.25, 0.3) is 11.4 Å². The summed E-state index contributed by atoms with van der Waals surface area (Å²) in [5, 5.41) is 26.9. The van der Waals surface area contributed by atoms with Crippen LogP contribution in [0.5, 0.6) is 0 Å². The highest BCUT2D eigenvalue weighted by atomic mass is 19.4. The molecule has 1 aliphatic rings. The van der Waals surface area contributed by atoms with Crippen molar-refractivity contribution in [1.29, 1.82) is 5.26 Å². The average molecular weight is 554 g/mol. The number of carbonyl (C=O) groups excluding carboxylic acids is 1. The number of carboxylic acid groups (broad SMARTS) is 1. The number of aromatic carboxylic acids is 1. The molecule has 13 heteroatoms. The van der Waals surface area contributed by atoms with E-state index in [9.17, 15) is 27.9 Å². The molecule has 0 spiro atoms. The third kappa shape index (κ3) is 6.82. The molecule has 0 aliphatic heterocycles. The Bertz CT molecular complexity index is 1450. The van der Waals surface area contributed by atoms with Gasteiger partial charge in [0.1, 0.15) is 0 Å². The van der Waals surface area contributed by atoms with Crippen LogP contribution in [0, 0.1) is 17.2 Å². The van der Waals surface area contributed by atoms with Gasteiger partial charge in [-0.15, -0.1) is 0 Å². The second-order valence-corrected chi connectivity index (χ2v) is 9.33. The molecule has 0 unspecified atom stereocenters. The lowest BCUT2D eigenvalue weighted by molar-refractivity contribution is -0.138. The molecular weight excluding hydrogens is 527 g/mol. The molecule has 0 saturated heterocycles. The first-order valence-corrected chi connectivity index (χ1v) is 12.5. The molecule has 0 bridgehead atoms. The average Bonchev–Trinajstić information content (AvgIpc) is 2.95. The smallest absolute Gasteiger partial charge is 0.416 e. The second kappa shape index (κ2) is 12.0. The van der Waals surface area contributed by atoms with E-state index in [0.717, 1.165) is 6.07 Å². The number of benzene rings is 2. The van der Waals surface area contributed by atoms with Crippen LogP contribution in [0.4, 0.5) is 25.1 Å². The van der Waals surface area contributed by atoms with Gasteiger partial charge in [-0.05, 0) is 55.5 Å². The van der Waals surface area contributed by atoms with E-state index >= 15 is 0 Å². The van der Waals surface area contributed by atoms with Crippen molar-refractivity contribution in [3.63, 3.8) is 0 Å². The van der Waals surface area contributed by atoms with Crippen LogP contribution in [0.15, 0.2) is 42.5 Å². The minimum absolute atomic E-state index is 0.0512. The van der Waals surface area contributed by atoms with Gasteiger partial charge >= 0.3 is 12.1 Å². The van der Waals surface area contributed by atoms with Crippen LogP contribution in [0.3, 0.4) is 0 Å². The van der Waals surface area contributed by atoms with Crippen molar-refractivity contribution >= 4 is 23.8 Å². The van der Waals surface area contributed by atoms with Crippen molar-refractivity contribution in [2.45, 2.75) is 44.4 Å². The van der Waals surface area contributed by atoms with Crippen molar-refractivity contribution in [1.82, 2.24) is 20.3 Å². The van der Waals surface area contributed by atoms with Crippen molar-refractivity contribution in [2.24, 2.45) is 5.92 Å². The van der Waals surface area contributed by atoms with E-state index in [0.29, 0.717) is 49.0 Å². The van der Waals surface area contributed by atoms with Gasteiger partial charge in [-0.25, -0.2) is 4.79 Å². The largest absolute Gasteiger partial charge is 0.478 e. The highest BCUT2D eigenvalue weighted by Crippen LogP contribution is 2.33. The van der Waals surface area contributed by atoms with Gasteiger partial charge in [0, 0.05) is 31.1 Å². The molecule has 1 saturated carbocycles. The van der Waals surface area contributed by atoms with Crippen LogP contribution in [0.1, 0.15) is 52.7 Å². The maximum Gasteiger partial charge on any atom is 0.416 e. The van der Waals surface area contributed by atoms with Crippen molar-refractivity contribution in [2.75, 3.05) is 17.7 Å². The number of nitrogens with one attached hydrogen (secondary N) is 3. The molecule has 10 nitrogen and oxygen atoms in total. The zero-order chi connectivity index (χ0) is 28.9. The Morgan fingerprint density at radius 3 is 2.42 bits per heavy atom. The molecule has 2 aromatic carbocycles. The Kier molecular flexibility index (Phi) is 8.47. The highest BCUT2D eigenvalue weighted by molar-refractivity contribution is 5.89. The number of aromatic nitrogens is 3. The Morgan fingerprint density at radius 1 is 1.05 bits per heavy atom. The van der Waals surface area contributed by atoms with Gasteiger partial charge < -0.3 is 21.1 Å². The molecule has 1 aromatic heterocycles. The molecule has 1 amide bonds. The molecule has 208 valence electrons. The van der Waals surface area contributed by atoms with Crippen molar-refractivity contribution in [3.8, 4) is 17.5 Å². The predicted molar refractivity (Wildman–Crippen MR) is 139 cm³/mol. The number of carboxylic acids is 1. The Balaban J connectivity index is 1.37. The summed E-state index contributed by atoms with van der Waals surface area (Å²) in [6, 6.07) is 11.2. The number of halogens is 3. The standard InChI is InChI=1S/C27H26F3N7O3/c1-32-25-35-22(17-3-2-4-18(12-17)24(39)40)36-26(37-25)34-20-9-7-16(8-10-20)23(38)33-14-19-6-5-15(13-31)11-21(19)27(28,29)30/h2-6,11-12,16,20H,7-10,14H2,1H3,(H,33,38)(H,39,40)(H2,32,34,35,36,37). The molecule has 1 heterocycles. The van der Waals surface area contributed by atoms with E-state index in [1.165, 1.54) is 24.3 Å². The fraction of sp³-hybridized carbons (Fsp3) is 0.333. The van der Waals surface area contributed by atoms with E-state index in [2.05, 4.69) is 30.9 Å². The van der Waals surface area contributed by atoms with Crippen LogP contribution in [0.2, 0.25) is 0 Å². The van der Waals surface area contributed by atoms with Crippen molar-refractivity contribution < 1.29 is 27.9 Å². The van der Waals surface area contributed by atoms with Crippen LogP contribution >= 0.6 is 0 Å². The molecule has 1 fully saturated rings. The van der Waals surface area contributed by atoms with Crippen LogP contribution in [-0.2, 0) is 17.5 Å². The second-order valence-electron chi connectivity index (χ2n) is 9.33. The summed E-state index contributed by atoms with van der Waals surface area (Å²) in [6.07, 6.45) is -2.40. The lowest BCUT2D eigenvalue weighted by Gasteiger charge is -2.28. The number of carbonyl (C=O) groups is 2. The molecule has 1 aliphatic carbocycles. The normalized spacial score (nSPS) is 17.0. The van der Waals surface area contributed by atoms with Gasteiger partial charge in [0.25, 0.3) is 0 Å². The molecule has 3 aromatic rings. The summed E-state index contributed by atoms with van der Waals surface area (Å²) in [7, 11) is 1.65. The van der Waals surface area contributed by atoms with E-state index in [1.807, 2.05) is 0 Å². The number of alkyl halides is 3. The Morgan fingerprint density at radius 2 is 1.77 bits per heavy atom. The third-order valence-corrected chi connectivity index (χ3v) is 6.66. The number of hydrogen-bond acceptors (Lipinski definition) is 8. The van der Waals surface area contributed by atoms with E-state index in [4.69, 9.17) is 5.26 Å². The van der Waals surface area contributed by atoms with Gasteiger partial charge in [0.15, 0.2) is 5.82 Å². The lowest BCUT2D eigenvalue weighted by atomic mass is 9.85. The van der Waals surface area contributed by atoms with Gasteiger partial charge in [0.05, 0.1) is 22.8 Å². The van der Waals surface area contributed by atoms with Gasteiger partial charge in [-0.1, -0.05) is 18.2 Å². The number of nitrogens with zero attached hydrogens (tertiary/aromatic N) is 4. The summed E-state index contributed by atoms with van der Waals surface area (Å²) in [5.41, 5.74) is -0.529. The fourth-order valence-electron chi connectivity index (χ4n) is 4.55. The summed E-state index contributed by atoms with van der Waals surface area (Å²) >= 11 is 0. The molecule has 0 radical (unpaired) electrons. The third-order valence-electron chi connectivity index (χ3n) is 6.66. The van der Waals surface area contributed by atoms with E-state index in [1.54, 1.807) is 25.2 Å². The van der Waals surface area contributed by atoms with Gasteiger partial charge in [-0.3, -0.25) is 4.79 Å². The zero-order valence-corrected chi connectivity index (χ0v) is 21.4. The summed E-state index contributed by atoms with van der Waals surface area (Å²) in [6.45, 7) is -0.291.